The summed E-state index contributed by atoms with van der Waals surface area (Å²) in [6.07, 6.45) is 0.660. The van der Waals surface area contributed by atoms with Gasteiger partial charge in [-0.05, 0) is 36.4 Å². The van der Waals surface area contributed by atoms with Gasteiger partial charge in [-0.2, -0.15) is 0 Å². The number of nitrogens with one attached hydrogen (secondary N) is 1. The zero-order valence-corrected chi connectivity index (χ0v) is 14.7. The van der Waals surface area contributed by atoms with E-state index in [0.717, 1.165) is 10.2 Å². The maximum absolute atomic E-state index is 12.3. The predicted molar refractivity (Wildman–Crippen MR) is 98.1 cm³/mol. The summed E-state index contributed by atoms with van der Waals surface area (Å²) in [6, 6.07) is 14.6. The molecule has 0 saturated heterocycles. The maximum atomic E-state index is 12.3. The van der Waals surface area contributed by atoms with Crippen LogP contribution in [0.15, 0.2) is 57.8 Å². The molecule has 0 aliphatic rings. The lowest BCUT2D eigenvalue weighted by atomic mass is 10.2. The molecule has 122 valence electrons. The second kappa shape index (κ2) is 6.97. The van der Waals surface area contributed by atoms with Gasteiger partial charge in [0.15, 0.2) is 0 Å². The van der Waals surface area contributed by atoms with Gasteiger partial charge in [0.25, 0.3) is 5.56 Å². The molecule has 0 aliphatic carbocycles. The second-order valence-corrected chi connectivity index (χ2v) is 6.38. The molecule has 6 heteroatoms. The third-order valence-corrected chi connectivity index (χ3v) is 4.31. The normalized spacial score (nSPS) is 10.8. The van der Waals surface area contributed by atoms with Gasteiger partial charge in [0.05, 0.1) is 10.9 Å². The molecular weight excluding hydrogens is 370 g/mol. The molecule has 0 fully saturated rings. The molecule has 0 aliphatic heterocycles. The van der Waals surface area contributed by atoms with Crippen molar-refractivity contribution >= 4 is 38.4 Å². The van der Waals surface area contributed by atoms with Crippen LogP contribution < -0.4 is 10.9 Å². The molecule has 0 radical (unpaired) electrons. The number of nitrogens with zero attached hydrogens (tertiary/aromatic N) is 2. The average Bonchev–Trinajstić information content (AvgIpc) is 2.59. The van der Waals surface area contributed by atoms with Crippen LogP contribution in [0.25, 0.3) is 10.9 Å². The van der Waals surface area contributed by atoms with Gasteiger partial charge in [-0.3, -0.25) is 14.2 Å². The van der Waals surface area contributed by atoms with Crippen LogP contribution in [0.5, 0.6) is 0 Å². The van der Waals surface area contributed by atoms with Crippen molar-refractivity contribution in [2.75, 3.05) is 5.32 Å². The van der Waals surface area contributed by atoms with E-state index < -0.39 is 0 Å². The van der Waals surface area contributed by atoms with E-state index in [1.165, 1.54) is 4.57 Å². The van der Waals surface area contributed by atoms with E-state index in [2.05, 4.69) is 26.2 Å². The van der Waals surface area contributed by atoms with Crippen molar-refractivity contribution in [3.8, 4) is 0 Å². The number of anilines is 1. The van der Waals surface area contributed by atoms with E-state index in [-0.39, 0.29) is 17.9 Å². The van der Waals surface area contributed by atoms with Gasteiger partial charge < -0.3 is 5.32 Å². The predicted octanol–water partition coefficient (Wildman–Crippen LogP) is 3.27. The van der Waals surface area contributed by atoms with Crippen LogP contribution in [0.4, 0.5) is 5.69 Å². The van der Waals surface area contributed by atoms with Crippen LogP contribution in [-0.2, 0) is 18.3 Å². The maximum Gasteiger partial charge on any atom is 0.261 e. The van der Waals surface area contributed by atoms with Crippen molar-refractivity contribution < 1.29 is 4.79 Å². The highest BCUT2D eigenvalue weighted by Gasteiger charge is 2.10. The number of aryl methyl sites for hydroxylation is 1. The van der Waals surface area contributed by atoms with Crippen LogP contribution in [-0.4, -0.2) is 15.5 Å². The second-order valence-electron chi connectivity index (χ2n) is 5.46. The number of hydrogen-bond acceptors (Lipinski definition) is 3. The van der Waals surface area contributed by atoms with Crippen molar-refractivity contribution in [3.63, 3.8) is 0 Å². The Bertz CT molecular complexity index is 949. The summed E-state index contributed by atoms with van der Waals surface area (Å²) >= 11 is 3.35. The minimum absolute atomic E-state index is 0.0936. The molecule has 5 nitrogen and oxygen atoms in total. The third-order valence-electron chi connectivity index (χ3n) is 3.78. The highest BCUT2D eigenvalue weighted by atomic mass is 79.9. The SMILES string of the molecule is Cn1c(CCC(=O)Nc2ccc(Br)cc2)nc2ccccc2c1=O. The minimum atomic E-state index is -0.111. The molecule has 24 heavy (non-hydrogen) atoms. The highest BCUT2D eigenvalue weighted by molar-refractivity contribution is 9.10. The standard InChI is InChI=1S/C18H16BrN3O2/c1-22-16(21-15-5-3-2-4-14(15)18(22)24)10-11-17(23)20-13-8-6-12(19)7-9-13/h2-9H,10-11H2,1H3,(H,20,23). The Balaban J connectivity index is 1.73. The lowest BCUT2D eigenvalue weighted by molar-refractivity contribution is -0.116. The van der Waals surface area contributed by atoms with Crippen LogP contribution in [0.3, 0.4) is 0 Å². The number of fused-ring (bicyclic) bond motifs is 1. The van der Waals surface area contributed by atoms with Gasteiger partial charge in [0, 0.05) is 30.0 Å². The molecule has 1 amide bonds. The lowest BCUT2D eigenvalue weighted by Crippen LogP contribution is -2.23. The van der Waals surface area contributed by atoms with Gasteiger partial charge in [-0.15, -0.1) is 0 Å². The largest absolute Gasteiger partial charge is 0.326 e. The Kier molecular flexibility index (Phi) is 4.76. The van der Waals surface area contributed by atoms with Gasteiger partial charge in [-0.1, -0.05) is 28.1 Å². The Morgan fingerprint density at radius 1 is 1.17 bits per heavy atom. The fourth-order valence-electron chi connectivity index (χ4n) is 2.47. The fourth-order valence-corrected chi connectivity index (χ4v) is 2.73. The van der Waals surface area contributed by atoms with Gasteiger partial charge in [0.1, 0.15) is 5.82 Å². The quantitative estimate of drug-likeness (QED) is 0.749. The van der Waals surface area contributed by atoms with E-state index in [0.29, 0.717) is 23.1 Å². The number of benzene rings is 2. The monoisotopic (exact) mass is 385 g/mol. The first-order valence-electron chi connectivity index (χ1n) is 7.54. The summed E-state index contributed by atoms with van der Waals surface area (Å²) in [5, 5.41) is 3.42. The molecule has 0 bridgehead atoms. The molecule has 1 heterocycles. The number of amides is 1. The first-order valence-corrected chi connectivity index (χ1v) is 8.34. The van der Waals surface area contributed by atoms with Crippen LogP contribution in [0.1, 0.15) is 12.2 Å². The van der Waals surface area contributed by atoms with Crippen molar-refractivity contribution in [1.29, 1.82) is 0 Å². The molecule has 0 atom stereocenters. The van der Waals surface area contributed by atoms with Crippen molar-refractivity contribution in [2.45, 2.75) is 12.8 Å². The number of carbonyl (C=O) groups excluding carboxylic acids is 1. The number of aromatic nitrogens is 2. The zero-order chi connectivity index (χ0) is 17.1. The number of rotatable bonds is 4. The summed E-state index contributed by atoms with van der Waals surface area (Å²) in [7, 11) is 1.68. The Morgan fingerprint density at radius 3 is 2.62 bits per heavy atom. The Morgan fingerprint density at radius 2 is 1.88 bits per heavy atom. The Labute approximate surface area is 147 Å². The topological polar surface area (TPSA) is 64.0 Å². The highest BCUT2D eigenvalue weighted by Crippen LogP contribution is 2.14. The van der Waals surface area contributed by atoms with E-state index in [1.807, 2.05) is 42.5 Å². The summed E-state index contributed by atoms with van der Waals surface area (Å²) < 4.78 is 2.46. The van der Waals surface area contributed by atoms with Crippen molar-refractivity contribution in [2.24, 2.45) is 7.05 Å². The van der Waals surface area contributed by atoms with Gasteiger partial charge >= 0.3 is 0 Å². The lowest BCUT2D eigenvalue weighted by Gasteiger charge is -2.09. The smallest absolute Gasteiger partial charge is 0.261 e. The molecule has 0 spiro atoms. The molecule has 0 unspecified atom stereocenters. The summed E-state index contributed by atoms with van der Waals surface area (Å²) in [6.45, 7) is 0. The summed E-state index contributed by atoms with van der Waals surface area (Å²) in [5.41, 5.74) is 1.30. The molecule has 3 aromatic rings. The fraction of sp³-hybridized carbons (Fsp3) is 0.167. The summed E-state index contributed by atoms with van der Waals surface area (Å²) in [4.78, 5) is 28.9. The summed E-state index contributed by atoms with van der Waals surface area (Å²) in [5.74, 6) is 0.490. The minimum Gasteiger partial charge on any atom is -0.326 e. The number of para-hydroxylation sites is 1. The molecule has 2 aromatic carbocycles. The van der Waals surface area contributed by atoms with Gasteiger partial charge in [-0.25, -0.2) is 4.98 Å². The van der Waals surface area contributed by atoms with E-state index >= 15 is 0 Å². The number of halogens is 1. The molecule has 3 rings (SSSR count). The van der Waals surface area contributed by atoms with Crippen molar-refractivity contribution in [1.82, 2.24) is 9.55 Å². The molecular formula is C18H16BrN3O2. The van der Waals surface area contributed by atoms with Crippen LogP contribution in [0.2, 0.25) is 0 Å². The average molecular weight is 386 g/mol. The van der Waals surface area contributed by atoms with E-state index in [4.69, 9.17) is 0 Å². The van der Waals surface area contributed by atoms with Crippen molar-refractivity contribution in [3.05, 3.63) is 69.2 Å². The molecule has 1 aromatic heterocycles. The van der Waals surface area contributed by atoms with Crippen LogP contribution >= 0.6 is 15.9 Å². The Hall–Kier alpha value is -2.47. The number of hydrogen-bond donors (Lipinski definition) is 1. The van der Waals surface area contributed by atoms with E-state index in [1.54, 1.807) is 13.1 Å². The van der Waals surface area contributed by atoms with Crippen LogP contribution in [0, 0.1) is 0 Å². The first kappa shape index (κ1) is 16.4. The third kappa shape index (κ3) is 3.54. The zero-order valence-electron chi connectivity index (χ0n) is 13.1. The first-order chi connectivity index (χ1) is 11.5. The molecule has 0 saturated carbocycles. The molecule has 1 N–H and O–H groups in total. The number of carbonyl (C=O) groups is 1. The van der Waals surface area contributed by atoms with E-state index in [9.17, 15) is 9.59 Å². The van der Waals surface area contributed by atoms with Gasteiger partial charge in [0.2, 0.25) is 5.91 Å².